The molecule has 0 aliphatic carbocycles. The first-order valence-corrected chi connectivity index (χ1v) is 11.6. The molecule has 2 heterocycles. The van der Waals surface area contributed by atoms with Crippen LogP contribution in [0.15, 0.2) is 71.5 Å². The normalized spacial score (nSPS) is 11.0. The number of anilines is 1. The Morgan fingerprint density at radius 2 is 1.77 bits per heavy atom. The zero-order valence-electron chi connectivity index (χ0n) is 18.9. The van der Waals surface area contributed by atoms with Crippen LogP contribution in [0.1, 0.15) is 16.1 Å². The Morgan fingerprint density at radius 1 is 1.03 bits per heavy atom. The molecular weight excluding hydrogens is 464 g/mol. The minimum atomic E-state index is -0.784. The second-order valence-corrected chi connectivity index (χ2v) is 9.05. The Morgan fingerprint density at radius 3 is 2.54 bits per heavy atom. The highest BCUT2D eigenvalue weighted by Gasteiger charge is 2.18. The number of nitrogens with one attached hydrogen (secondary N) is 1. The van der Waals surface area contributed by atoms with Crippen LogP contribution in [0.4, 0.5) is 5.69 Å². The third kappa shape index (κ3) is 4.53. The zero-order valence-corrected chi connectivity index (χ0v) is 19.8. The van der Waals surface area contributed by atoms with Gasteiger partial charge in [0.05, 0.1) is 15.6 Å². The average molecular weight is 485 g/mol. The van der Waals surface area contributed by atoms with E-state index < -0.39 is 18.5 Å². The number of thiazole rings is 1. The first-order chi connectivity index (χ1) is 16.9. The maximum atomic E-state index is 12.6. The molecule has 0 bridgehead atoms. The third-order valence-electron chi connectivity index (χ3n) is 5.44. The summed E-state index contributed by atoms with van der Waals surface area (Å²) in [6.45, 7) is 1.56. The number of benzene rings is 3. The lowest BCUT2D eigenvalue weighted by molar-refractivity contribution is -0.119. The van der Waals surface area contributed by atoms with Crippen molar-refractivity contribution in [3.8, 4) is 10.6 Å². The van der Waals surface area contributed by atoms with Crippen LogP contribution in [0.5, 0.6) is 0 Å². The molecule has 0 atom stereocenters. The number of nitrogens with zero attached hydrogens (tertiary/aromatic N) is 3. The summed E-state index contributed by atoms with van der Waals surface area (Å²) in [7, 11) is 1.46. The number of esters is 1. The van der Waals surface area contributed by atoms with Crippen molar-refractivity contribution in [1.82, 2.24) is 14.8 Å². The van der Waals surface area contributed by atoms with Gasteiger partial charge in [0, 0.05) is 23.7 Å². The molecule has 0 fully saturated rings. The van der Waals surface area contributed by atoms with E-state index in [1.54, 1.807) is 47.7 Å². The van der Waals surface area contributed by atoms with Crippen LogP contribution >= 0.6 is 11.3 Å². The van der Waals surface area contributed by atoms with Gasteiger partial charge in [-0.1, -0.05) is 24.3 Å². The molecule has 2 aromatic heterocycles. The van der Waals surface area contributed by atoms with Crippen LogP contribution in [-0.2, 0) is 16.6 Å². The minimum Gasteiger partial charge on any atom is -0.451 e. The van der Waals surface area contributed by atoms with Gasteiger partial charge < -0.3 is 10.1 Å². The molecule has 5 rings (SSSR count). The Kier molecular flexibility index (Phi) is 5.84. The molecule has 5 aromatic rings. The summed E-state index contributed by atoms with van der Waals surface area (Å²) in [5.41, 5.74) is 3.31. The lowest BCUT2D eigenvalue weighted by Gasteiger charge is -2.09. The molecule has 3 aromatic carbocycles. The lowest BCUT2D eigenvalue weighted by Crippen LogP contribution is -2.26. The van der Waals surface area contributed by atoms with Crippen molar-refractivity contribution in [3.63, 3.8) is 0 Å². The quantitative estimate of drug-likeness (QED) is 0.373. The van der Waals surface area contributed by atoms with E-state index in [1.807, 2.05) is 24.3 Å². The van der Waals surface area contributed by atoms with Crippen molar-refractivity contribution in [2.24, 2.45) is 7.05 Å². The molecule has 0 aliphatic rings. The number of amides is 1. The van der Waals surface area contributed by atoms with E-state index in [1.165, 1.54) is 12.6 Å². The molecule has 1 N–H and O–H groups in total. The van der Waals surface area contributed by atoms with Crippen molar-refractivity contribution in [2.75, 3.05) is 11.9 Å². The first-order valence-electron chi connectivity index (χ1n) is 10.8. The number of aryl methyl sites for hydroxylation is 2. The van der Waals surface area contributed by atoms with Crippen molar-refractivity contribution in [3.05, 3.63) is 88.3 Å². The Balaban J connectivity index is 1.24. The van der Waals surface area contributed by atoms with E-state index in [-0.39, 0.29) is 11.3 Å². The van der Waals surface area contributed by atoms with Gasteiger partial charge in [-0.2, -0.15) is 5.10 Å². The van der Waals surface area contributed by atoms with E-state index in [0.29, 0.717) is 16.5 Å². The van der Waals surface area contributed by atoms with Crippen molar-refractivity contribution < 1.29 is 14.3 Å². The van der Waals surface area contributed by atoms with Crippen LogP contribution in [-0.4, -0.2) is 33.2 Å². The van der Waals surface area contributed by atoms with Crippen LogP contribution in [0.2, 0.25) is 0 Å². The van der Waals surface area contributed by atoms with E-state index >= 15 is 0 Å². The molecule has 9 heteroatoms. The third-order valence-corrected chi connectivity index (χ3v) is 6.51. The van der Waals surface area contributed by atoms with Gasteiger partial charge in [0.15, 0.2) is 12.3 Å². The molecule has 1 amide bonds. The highest BCUT2D eigenvalue weighted by atomic mass is 32.1. The molecule has 35 heavy (non-hydrogen) atoms. The van der Waals surface area contributed by atoms with Crippen LogP contribution in [0, 0.1) is 6.92 Å². The van der Waals surface area contributed by atoms with E-state index in [2.05, 4.69) is 28.4 Å². The van der Waals surface area contributed by atoms with Gasteiger partial charge in [-0.3, -0.25) is 9.59 Å². The number of hydrogen-bond acceptors (Lipinski definition) is 7. The van der Waals surface area contributed by atoms with Gasteiger partial charge in [-0.25, -0.2) is 14.5 Å². The number of aromatic nitrogens is 3. The molecule has 8 nitrogen and oxygen atoms in total. The summed E-state index contributed by atoms with van der Waals surface area (Å²) >= 11 is 1.61. The van der Waals surface area contributed by atoms with Gasteiger partial charge >= 0.3 is 5.97 Å². The van der Waals surface area contributed by atoms with Crippen molar-refractivity contribution >= 4 is 49.9 Å². The van der Waals surface area contributed by atoms with Crippen molar-refractivity contribution in [1.29, 1.82) is 0 Å². The molecule has 174 valence electrons. The Hall–Kier alpha value is -4.37. The molecule has 0 radical (unpaired) electrons. The van der Waals surface area contributed by atoms with Gasteiger partial charge in [-0.05, 0) is 55.0 Å². The average Bonchev–Trinajstić information content (AvgIpc) is 3.28. The number of carbonyl (C=O) groups excluding carboxylic acids is 2. The summed E-state index contributed by atoms with van der Waals surface area (Å²) in [5, 5.41) is 8.35. The van der Waals surface area contributed by atoms with Gasteiger partial charge in [0.25, 0.3) is 11.5 Å². The van der Waals surface area contributed by atoms with E-state index in [0.717, 1.165) is 25.5 Å². The second-order valence-electron chi connectivity index (χ2n) is 8.01. The van der Waals surface area contributed by atoms with Crippen molar-refractivity contribution in [2.45, 2.75) is 6.92 Å². The lowest BCUT2D eigenvalue weighted by atomic mass is 10.1. The topological polar surface area (TPSA) is 103 Å². The SMILES string of the molecule is Cc1ccc2nc(-c3ccc(NC(=O)COC(=O)c4nn(C)c(=O)c5ccccc45)cc3)sc2c1. The molecule has 0 saturated heterocycles. The largest absolute Gasteiger partial charge is 0.451 e. The Bertz CT molecular complexity index is 1650. The number of rotatable bonds is 5. The summed E-state index contributed by atoms with van der Waals surface area (Å²) in [6, 6.07) is 20.1. The van der Waals surface area contributed by atoms with E-state index in [4.69, 9.17) is 4.74 Å². The molecule has 0 spiro atoms. The van der Waals surface area contributed by atoms with E-state index in [9.17, 15) is 14.4 Å². The number of fused-ring (bicyclic) bond motifs is 2. The molecular formula is C26H20N4O4S. The highest BCUT2D eigenvalue weighted by molar-refractivity contribution is 7.21. The molecule has 0 saturated carbocycles. The first kappa shape index (κ1) is 22.4. The van der Waals surface area contributed by atoms with Crippen LogP contribution < -0.4 is 10.9 Å². The highest BCUT2D eigenvalue weighted by Crippen LogP contribution is 2.31. The number of ether oxygens (including phenoxy) is 1. The number of carbonyl (C=O) groups is 2. The molecule has 0 unspecified atom stereocenters. The van der Waals surface area contributed by atoms with Crippen LogP contribution in [0.3, 0.4) is 0 Å². The Labute approximate surface area is 203 Å². The summed E-state index contributed by atoms with van der Waals surface area (Å²) < 4.78 is 7.37. The second kappa shape index (κ2) is 9.11. The predicted molar refractivity (Wildman–Crippen MR) is 136 cm³/mol. The fraction of sp³-hybridized carbons (Fsp3) is 0.115. The fourth-order valence-corrected chi connectivity index (χ4v) is 4.77. The standard InChI is InChI=1S/C26H20N4O4S/c1-15-7-12-20-21(13-15)35-24(28-20)16-8-10-17(11-9-16)27-22(31)14-34-26(33)23-18-5-3-4-6-19(18)25(32)30(2)29-23/h3-13H,14H2,1-2H3,(H,27,31). The maximum Gasteiger partial charge on any atom is 0.359 e. The molecule has 0 aliphatic heterocycles. The van der Waals surface area contributed by atoms with Crippen LogP contribution in [0.25, 0.3) is 31.6 Å². The van der Waals surface area contributed by atoms with Gasteiger partial charge in [0.1, 0.15) is 5.01 Å². The maximum absolute atomic E-state index is 12.6. The predicted octanol–water partition coefficient (Wildman–Crippen LogP) is 4.31. The number of hydrogen-bond donors (Lipinski definition) is 1. The summed E-state index contributed by atoms with van der Waals surface area (Å²) in [6.07, 6.45) is 0. The fourth-order valence-electron chi connectivity index (χ4n) is 3.70. The smallest absolute Gasteiger partial charge is 0.359 e. The zero-order chi connectivity index (χ0) is 24.5. The minimum absolute atomic E-state index is 0.0223. The van der Waals surface area contributed by atoms with Gasteiger partial charge in [0.2, 0.25) is 0 Å². The monoisotopic (exact) mass is 484 g/mol. The summed E-state index contributed by atoms with van der Waals surface area (Å²) in [4.78, 5) is 41.9. The van der Waals surface area contributed by atoms with Gasteiger partial charge in [-0.15, -0.1) is 11.3 Å². The summed E-state index contributed by atoms with van der Waals surface area (Å²) in [5.74, 6) is -1.27.